The number of carbonyl (C=O) groups is 1. The summed E-state index contributed by atoms with van der Waals surface area (Å²) in [5, 5.41) is 4.73. The molecule has 1 N–H and O–H groups in total. The predicted molar refractivity (Wildman–Crippen MR) is 87.2 cm³/mol. The van der Waals surface area contributed by atoms with Crippen molar-refractivity contribution in [1.82, 2.24) is 0 Å². The normalized spacial score (nSPS) is 10.2. The molecule has 5 heteroatoms. The number of hydrogen-bond donors (Lipinski definition) is 1. The lowest BCUT2D eigenvalue weighted by molar-refractivity contribution is 0.102. The molecule has 0 spiro atoms. The van der Waals surface area contributed by atoms with Gasteiger partial charge >= 0.3 is 0 Å². The monoisotopic (exact) mass is 387 g/mol. The van der Waals surface area contributed by atoms with Crippen molar-refractivity contribution in [3.63, 3.8) is 0 Å². The Morgan fingerprint density at radius 2 is 2.26 bits per heavy atom. The third-order valence-electron chi connectivity index (χ3n) is 2.39. The van der Waals surface area contributed by atoms with E-state index in [1.165, 1.54) is 0 Å². The van der Waals surface area contributed by atoms with Gasteiger partial charge in [0.05, 0.1) is 15.1 Å². The minimum absolute atomic E-state index is 0.0909. The Morgan fingerprint density at radius 1 is 1.42 bits per heavy atom. The molecule has 0 aliphatic heterocycles. The van der Waals surface area contributed by atoms with Crippen molar-refractivity contribution in [2.75, 3.05) is 11.9 Å². The van der Waals surface area contributed by atoms with Crippen LogP contribution in [0.2, 0.25) is 0 Å². The van der Waals surface area contributed by atoms with Gasteiger partial charge in [-0.15, -0.1) is 11.3 Å². The van der Waals surface area contributed by atoms with Gasteiger partial charge in [-0.25, -0.2) is 0 Å². The van der Waals surface area contributed by atoms with E-state index in [1.54, 1.807) is 11.3 Å². The average Bonchev–Trinajstić information content (AvgIpc) is 2.83. The molecular weight excluding hydrogens is 373 g/mol. The molecule has 0 aliphatic carbocycles. The van der Waals surface area contributed by atoms with Crippen LogP contribution in [0.1, 0.15) is 23.7 Å². The van der Waals surface area contributed by atoms with Gasteiger partial charge in [0, 0.05) is 17.1 Å². The van der Waals surface area contributed by atoms with Crippen molar-refractivity contribution in [3.8, 4) is 5.75 Å². The fraction of sp³-hybridized carbons (Fsp3) is 0.214. The van der Waals surface area contributed by atoms with Crippen LogP contribution in [0.3, 0.4) is 0 Å². The molecule has 1 aromatic carbocycles. The Kier molecular flexibility index (Phi) is 5.21. The molecule has 0 radical (unpaired) electrons. The zero-order valence-corrected chi connectivity index (χ0v) is 13.5. The molecule has 100 valence electrons. The van der Waals surface area contributed by atoms with E-state index >= 15 is 0 Å². The Bertz CT molecular complexity index is 568. The lowest BCUT2D eigenvalue weighted by atomic mass is 10.2. The molecule has 2 aromatic rings. The number of anilines is 1. The van der Waals surface area contributed by atoms with Crippen molar-refractivity contribution < 1.29 is 9.53 Å². The zero-order valence-electron chi connectivity index (χ0n) is 10.5. The Hall–Kier alpha value is -1.08. The summed E-state index contributed by atoms with van der Waals surface area (Å²) in [6.07, 6.45) is 0.962. The Balaban J connectivity index is 2.04. The fourth-order valence-corrected chi connectivity index (χ4v) is 2.84. The van der Waals surface area contributed by atoms with Gasteiger partial charge in [0.1, 0.15) is 5.75 Å². The average molecular weight is 387 g/mol. The summed E-state index contributed by atoms with van der Waals surface area (Å²) in [6, 6.07) is 9.33. The quantitative estimate of drug-likeness (QED) is 0.773. The first-order valence-corrected chi connectivity index (χ1v) is 7.93. The predicted octanol–water partition coefficient (Wildman–Crippen LogP) is 4.39. The number of benzene rings is 1. The lowest BCUT2D eigenvalue weighted by Crippen LogP contribution is -2.10. The lowest BCUT2D eigenvalue weighted by Gasteiger charge is -2.07. The third kappa shape index (κ3) is 4.21. The molecule has 3 nitrogen and oxygen atoms in total. The van der Waals surface area contributed by atoms with Crippen molar-refractivity contribution in [2.45, 2.75) is 13.3 Å². The van der Waals surface area contributed by atoms with E-state index in [0.29, 0.717) is 12.2 Å². The standard InChI is InChI=1S/C14H14INO2S/c1-2-6-18-12-5-3-4-11(8-12)16-14(17)10-7-13(15)19-9-10/h3-5,7-9H,2,6H2,1H3,(H,16,17). The molecule has 0 atom stereocenters. The summed E-state index contributed by atoms with van der Waals surface area (Å²) >= 11 is 3.76. The van der Waals surface area contributed by atoms with Crippen LogP contribution in [0.25, 0.3) is 0 Å². The maximum atomic E-state index is 12.0. The minimum Gasteiger partial charge on any atom is -0.494 e. The smallest absolute Gasteiger partial charge is 0.256 e. The summed E-state index contributed by atoms with van der Waals surface area (Å²) in [5.74, 6) is 0.686. The molecule has 0 aliphatic rings. The van der Waals surface area contributed by atoms with Gasteiger partial charge in [-0.05, 0) is 47.2 Å². The number of ether oxygens (including phenoxy) is 1. The highest BCUT2D eigenvalue weighted by molar-refractivity contribution is 14.1. The number of carbonyl (C=O) groups excluding carboxylic acids is 1. The number of halogens is 1. The molecule has 1 heterocycles. The summed E-state index contributed by atoms with van der Waals surface area (Å²) in [5.41, 5.74) is 1.44. The largest absolute Gasteiger partial charge is 0.494 e. The van der Waals surface area contributed by atoms with Gasteiger partial charge in [0.15, 0.2) is 0 Å². The van der Waals surface area contributed by atoms with E-state index in [1.807, 2.05) is 35.7 Å². The van der Waals surface area contributed by atoms with Crippen molar-refractivity contribution in [1.29, 1.82) is 0 Å². The van der Waals surface area contributed by atoms with Crippen molar-refractivity contribution in [3.05, 3.63) is 44.2 Å². The van der Waals surface area contributed by atoms with E-state index in [0.717, 1.165) is 20.7 Å². The van der Waals surface area contributed by atoms with Crippen LogP contribution in [0, 0.1) is 2.88 Å². The van der Waals surface area contributed by atoms with Crippen LogP contribution in [-0.2, 0) is 0 Å². The molecule has 0 fully saturated rings. The SMILES string of the molecule is CCCOc1cccc(NC(=O)c2csc(I)c2)c1. The van der Waals surface area contributed by atoms with Gasteiger partial charge in [0.2, 0.25) is 0 Å². The molecule has 1 amide bonds. The third-order valence-corrected chi connectivity index (χ3v) is 4.18. The Labute approximate surface area is 130 Å². The second kappa shape index (κ2) is 6.91. The molecular formula is C14H14INO2S. The first kappa shape index (κ1) is 14.3. The first-order valence-electron chi connectivity index (χ1n) is 5.97. The topological polar surface area (TPSA) is 38.3 Å². The van der Waals surface area contributed by atoms with Crippen LogP contribution in [-0.4, -0.2) is 12.5 Å². The van der Waals surface area contributed by atoms with Gasteiger partial charge < -0.3 is 10.1 Å². The number of hydrogen-bond acceptors (Lipinski definition) is 3. The van der Waals surface area contributed by atoms with Crippen LogP contribution in [0.4, 0.5) is 5.69 Å². The van der Waals surface area contributed by atoms with E-state index in [2.05, 4.69) is 34.8 Å². The van der Waals surface area contributed by atoms with E-state index in [-0.39, 0.29) is 5.91 Å². The van der Waals surface area contributed by atoms with E-state index < -0.39 is 0 Å². The maximum Gasteiger partial charge on any atom is 0.256 e. The van der Waals surface area contributed by atoms with Gasteiger partial charge in [0.25, 0.3) is 5.91 Å². The number of rotatable bonds is 5. The van der Waals surface area contributed by atoms with Crippen molar-refractivity contribution in [2.24, 2.45) is 0 Å². The van der Waals surface area contributed by atoms with Crippen LogP contribution in [0.5, 0.6) is 5.75 Å². The molecule has 0 saturated carbocycles. The summed E-state index contributed by atoms with van der Waals surface area (Å²) in [4.78, 5) is 12.0. The summed E-state index contributed by atoms with van der Waals surface area (Å²) < 4.78 is 6.64. The highest BCUT2D eigenvalue weighted by atomic mass is 127. The highest BCUT2D eigenvalue weighted by Crippen LogP contribution is 2.20. The number of amides is 1. The molecule has 0 unspecified atom stereocenters. The molecule has 1 aromatic heterocycles. The minimum atomic E-state index is -0.0909. The number of thiophene rings is 1. The molecule has 19 heavy (non-hydrogen) atoms. The van der Waals surface area contributed by atoms with Crippen molar-refractivity contribution >= 4 is 45.5 Å². The molecule has 0 bridgehead atoms. The second-order valence-electron chi connectivity index (χ2n) is 3.97. The van der Waals surface area contributed by atoms with Gasteiger partial charge in [-0.1, -0.05) is 13.0 Å². The van der Waals surface area contributed by atoms with Crippen LogP contribution < -0.4 is 10.1 Å². The highest BCUT2D eigenvalue weighted by Gasteiger charge is 2.08. The first-order chi connectivity index (χ1) is 9.19. The van der Waals surface area contributed by atoms with Crippen LogP contribution in [0.15, 0.2) is 35.7 Å². The maximum absolute atomic E-state index is 12.0. The van der Waals surface area contributed by atoms with Gasteiger partial charge in [-0.3, -0.25) is 4.79 Å². The second-order valence-corrected chi connectivity index (χ2v) is 6.78. The zero-order chi connectivity index (χ0) is 13.7. The summed E-state index contributed by atoms with van der Waals surface area (Å²) in [6.45, 7) is 2.74. The molecule has 0 saturated heterocycles. The van der Waals surface area contributed by atoms with E-state index in [9.17, 15) is 4.79 Å². The van der Waals surface area contributed by atoms with Gasteiger partial charge in [-0.2, -0.15) is 0 Å². The number of nitrogens with one attached hydrogen (secondary N) is 1. The van der Waals surface area contributed by atoms with E-state index in [4.69, 9.17) is 4.74 Å². The molecule has 2 rings (SSSR count). The fourth-order valence-electron chi connectivity index (χ4n) is 1.52. The Morgan fingerprint density at radius 3 is 2.95 bits per heavy atom. The summed E-state index contributed by atoms with van der Waals surface area (Å²) in [7, 11) is 0. The van der Waals surface area contributed by atoms with Crippen LogP contribution >= 0.6 is 33.9 Å².